The van der Waals surface area contributed by atoms with Crippen molar-refractivity contribution in [2.75, 3.05) is 32.1 Å². The third-order valence-corrected chi connectivity index (χ3v) is 4.45. The average Bonchev–Trinajstić information content (AvgIpc) is 2.68. The highest BCUT2D eigenvalue weighted by atomic mass is 16.5. The fourth-order valence-corrected chi connectivity index (χ4v) is 2.92. The van der Waals surface area contributed by atoms with Gasteiger partial charge >= 0.3 is 0 Å². The Labute approximate surface area is 154 Å². The van der Waals surface area contributed by atoms with Crippen molar-refractivity contribution < 1.29 is 9.53 Å². The van der Waals surface area contributed by atoms with Gasteiger partial charge in [0.2, 0.25) is 5.91 Å². The van der Waals surface area contributed by atoms with E-state index in [1.807, 2.05) is 54.4 Å². The monoisotopic (exact) mass is 348 g/mol. The van der Waals surface area contributed by atoms with Crippen LogP contribution < -0.4 is 15.0 Å². The quantitative estimate of drug-likeness (QED) is 0.709. The predicted molar refractivity (Wildman–Crippen MR) is 107 cm³/mol. The second-order valence-electron chi connectivity index (χ2n) is 6.34. The Kier molecular flexibility index (Phi) is 5.74. The summed E-state index contributed by atoms with van der Waals surface area (Å²) < 4.78 is 5.15. The van der Waals surface area contributed by atoms with E-state index in [9.17, 15) is 4.79 Å². The highest BCUT2D eigenvalue weighted by Crippen LogP contribution is 2.21. The Balaban J connectivity index is 1.50. The molecule has 0 fully saturated rings. The van der Waals surface area contributed by atoms with Gasteiger partial charge in [0.05, 0.1) is 13.7 Å². The average molecular weight is 348 g/mol. The molecule has 0 radical (unpaired) electrons. The molecule has 1 N–H and O–H groups in total. The minimum atomic E-state index is 0.0224. The smallest absolute Gasteiger partial charge is 0.239 e. The number of carbonyl (C=O) groups excluding carboxylic acids is 1. The van der Waals surface area contributed by atoms with Crippen molar-refractivity contribution in [3.63, 3.8) is 0 Å². The fraction of sp³-hybridized carbons (Fsp3) is 0.227. The van der Waals surface area contributed by atoms with Crippen molar-refractivity contribution in [1.82, 2.24) is 5.32 Å². The standard InChI is InChI=1S/C22H24N2O2/c1-24(20-10-9-18-5-3-4-6-19(18)15-20)16-22(25)23-14-13-17-7-11-21(26-2)12-8-17/h3-12,15H,13-14,16H2,1-2H3,(H,23,25). The van der Waals surface area contributed by atoms with Crippen LogP contribution in [-0.2, 0) is 11.2 Å². The molecule has 4 heteroatoms. The zero-order valence-corrected chi connectivity index (χ0v) is 15.2. The molecule has 3 aromatic carbocycles. The number of carbonyl (C=O) groups is 1. The van der Waals surface area contributed by atoms with Crippen molar-refractivity contribution in [2.24, 2.45) is 0 Å². The number of fused-ring (bicyclic) bond motifs is 1. The Morgan fingerprint density at radius 2 is 1.73 bits per heavy atom. The van der Waals surface area contributed by atoms with Crippen LogP contribution >= 0.6 is 0 Å². The molecule has 0 unspecified atom stereocenters. The Bertz CT molecular complexity index is 875. The molecule has 134 valence electrons. The fourth-order valence-electron chi connectivity index (χ4n) is 2.92. The summed E-state index contributed by atoms with van der Waals surface area (Å²) in [5, 5.41) is 5.37. The van der Waals surface area contributed by atoms with Crippen LogP contribution in [0.2, 0.25) is 0 Å². The lowest BCUT2D eigenvalue weighted by Gasteiger charge is -2.19. The first-order valence-electron chi connectivity index (χ1n) is 8.75. The number of nitrogens with one attached hydrogen (secondary N) is 1. The van der Waals surface area contributed by atoms with Gasteiger partial charge in [0.1, 0.15) is 5.75 Å². The number of nitrogens with zero attached hydrogens (tertiary/aromatic N) is 1. The van der Waals surface area contributed by atoms with E-state index in [0.717, 1.165) is 17.9 Å². The minimum absolute atomic E-state index is 0.0224. The predicted octanol–water partition coefficient (Wildman–Crippen LogP) is 3.64. The highest BCUT2D eigenvalue weighted by Gasteiger charge is 2.08. The summed E-state index contributed by atoms with van der Waals surface area (Å²) in [5.74, 6) is 0.865. The summed E-state index contributed by atoms with van der Waals surface area (Å²) in [4.78, 5) is 14.2. The first kappa shape index (κ1) is 17.8. The summed E-state index contributed by atoms with van der Waals surface area (Å²) >= 11 is 0. The van der Waals surface area contributed by atoms with Crippen LogP contribution in [0.25, 0.3) is 10.8 Å². The summed E-state index contributed by atoms with van der Waals surface area (Å²) in [5.41, 5.74) is 2.21. The summed E-state index contributed by atoms with van der Waals surface area (Å²) in [6.07, 6.45) is 0.801. The first-order chi connectivity index (χ1) is 12.7. The first-order valence-corrected chi connectivity index (χ1v) is 8.75. The minimum Gasteiger partial charge on any atom is -0.497 e. The Morgan fingerprint density at radius 3 is 2.46 bits per heavy atom. The number of hydrogen-bond donors (Lipinski definition) is 1. The molecular formula is C22H24N2O2. The number of hydrogen-bond acceptors (Lipinski definition) is 3. The van der Waals surface area contributed by atoms with Crippen molar-refractivity contribution in [3.8, 4) is 5.75 Å². The van der Waals surface area contributed by atoms with Crippen molar-refractivity contribution in [1.29, 1.82) is 0 Å². The lowest BCUT2D eigenvalue weighted by Crippen LogP contribution is -2.36. The number of likely N-dealkylation sites (N-methyl/N-ethyl adjacent to an activating group) is 1. The number of rotatable bonds is 7. The van der Waals surface area contributed by atoms with E-state index < -0.39 is 0 Å². The van der Waals surface area contributed by atoms with Gasteiger partial charge in [0, 0.05) is 19.3 Å². The number of ether oxygens (including phenoxy) is 1. The third-order valence-electron chi connectivity index (χ3n) is 4.45. The zero-order valence-electron chi connectivity index (χ0n) is 15.2. The van der Waals surface area contributed by atoms with E-state index in [-0.39, 0.29) is 5.91 Å². The van der Waals surface area contributed by atoms with Gasteiger partial charge in [-0.2, -0.15) is 0 Å². The molecule has 0 saturated carbocycles. The van der Waals surface area contributed by atoms with E-state index in [2.05, 4.69) is 29.6 Å². The summed E-state index contributed by atoms with van der Waals surface area (Å²) in [6, 6.07) is 22.4. The van der Waals surface area contributed by atoms with Crippen LogP contribution in [0, 0.1) is 0 Å². The molecule has 0 aliphatic heterocycles. The van der Waals surface area contributed by atoms with Gasteiger partial charge in [-0.05, 0) is 47.0 Å². The van der Waals surface area contributed by atoms with Gasteiger partial charge in [-0.1, -0.05) is 42.5 Å². The van der Waals surface area contributed by atoms with Crippen molar-refractivity contribution in [3.05, 3.63) is 72.3 Å². The van der Waals surface area contributed by atoms with Gasteiger partial charge in [-0.3, -0.25) is 4.79 Å². The number of amides is 1. The molecule has 0 aliphatic rings. The van der Waals surface area contributed by atoms with E-state index in [4.69, 9.17) is 4.74 Å². The zero-order chi connectivity index (χ0) is 18.4. The largest absolute Gasteiger partial charge is 0.497 e. The summed E-state index contributed by atoms with van der Waals surface area (Å²) in [6.45, 7) is 0.956. The molecule has 0 spiro atoms. The van der Waals surface area contributed by atoms with Gasteiger partial charge < -0.3 is 15.0 Å². The molecular weight excluding hydrogens is 324 g/mol. The molecule has 0 bridgehead atoms. The summed E-state index contributed by atoms with van der Waals surface area (Å²) in [7, 11) is 3.59. The topological polar surface area (TPSA) is 41.6 Å². The van der Waals surface area contributed by atoms with E-state index in [1.54, 1.807) is 7.11 Å². The van der Waals surface area contributed by atoms with Gasteiger partial charge in [-0.15, -0.1) is 0 Å². The third kappa shape index (κ3) is 4.54. The van der Waals surface area contributed by atoms with Crippen molar-refractivity contribution in [2.45, 2.75) is 6.42 Å². The lowest BCUT2D eigenvalue weighted by molar-refractivity contribution is -0.119. The number of methoxy groups -OCH3 is 1. The van der Waals surface area contributed by atoms with Gasteiger partial charge in [0.25, 0.3) is 0 Å². The van der Waals surface area contributed by atoms with E-state index in [1.165, 1.54) is 16.3 Å². The maximum Gasteiger partial charge on any atom is 0.239 e. The second-order valence-corrected chi connectivity index (χ2v) is 6.34. The second kappa shape index (κ2) is 8.39. The van der Waals surface area contributed by atoms with E-state index >= 15 is 0 Å². The van der Waals surface area contributed by atoms with Crippen molar-refractivity contribution >= 4 is 22.4 Å². The SMILES string of the molecule is COc1ccc(CCNC(=O)CN(C)c2ccc3ccccc3c2)cc1. The number of benzene rings is 3. The molecule has 0 heterocycles. The van der Waals surface area contributed by atoms with Gasteiger partial charge in [-0.25, -0.2) is 0 Å². The molecule has 3 rings (SSSR count). The Morgan fingerprint density at radius 1 is 1.00 bits per heavy atom. The molecule has 0 atom stereocenters. The van der Waals surface area contributed by atoms with Gasteiger partial charge in [0.15, 0.2) is 0 Å². The molecule has 0 saturated heterocycles. The maximum atomic E-state index is 12.2. The lowest BCUT2D eigenvalue weighted by atomic mass is 10.1. The normalized spacial score (nSPS) is 10.5. The molecule has 0 aromatic heterocycles. The van der Waals surface area contributed by atoms with Crippen LogP contribution in [0.3, 0.4) is 0 Å². The molecule has 26 heavy (non-hydrogen) atoms. The van der Waals surface area contributed by atoms with E-state index in [0.29, 0.717) is 13.1 Å². The maximum absolute atomic E-state index is 12.2. The van der Waals surface area contributed by atoms with Crippen LogP contribution in [0.1, 0.15) is 5.56 Å². The number of anilines is 1. The van der Waals surface area contributed by atoms with Crippen LogP contribution in [0.5, 0.6) is 5.75 Å². The molecule has 3 aromatic rings. The highest BCUT2D eigenvalue weighted by molar-refractivity contribution is 5.87. The van der Waals surface area contributed by atoms with Crippen LogP contribution in [0.15, 0.2) is 66.7 Å². The molecule has 4 nitrogen and oxygen atoms in total. The van der Waals surface area contributed by atoms with Crippen LogP contribution in [-0.4, -0.2) is 33.2 Å². The molecule has 0 aliphatic carbocycles. The van der Waals surface area contributed by atoms with Crippen LogP contribution in [0.4, 0.5) is 5.69 Å². The Hall–Kier alpha value is -3.01. The molecule has 1 amide bonds.